The van der Waals surface area contributed by atoms with Crippen LogP contribution in [-0.4, -0.2) is 17.4 Å². The lowest BCUT2D eigenvalue weighted by Gasteiger charge is -2.31. The van der Waals surface area contributed by atoms with Gasteiger partial charge in [-0.1, -0.05) is 32.9 Å². The van der Waals surface area contributed by atoms with E-state index in [0.717, 1.165) is 6.07 Å². The van der Waals surface area contributed by atoms with Crippen LogP contribution in [-0.2, 0) is 4.79 Å². The summed E-state index contributed by atoms with van der Waals surface area (Å²) < 4.78 is 40.8. The van der Waals surface area contributed by atoms with Crippen LogP contribution in [0.25, 0.3) is 0 Å². The number of carboxylic acid groups (broad SMARTS) is 1. The summed E-state index contributed by atoms with van der Waals surface area (Å²) >= 11 is 0. The fourth-order valence-corrected chi connectivity index (χ4v) is 2.12. The molecule has 0 saturated heterocycles. The number of hydrogen-bond donors (Lipinski definition) is 2. The molecular weight excluding hydrogens is 287 g/mol. The van der Waals surface area contributed by atoms with Gasteiger partial charge in [0.05, 0.1) is 11.6 Å². The molecule has 0 aliphatic rings. The molecule has 1 aromatic rings. The Bertz CT molecular complexity index is 527. The number of nitrogen functional groups attached to an aromatic ring is 1. The van der Waals surface area contributed by atoms with Gasteiger partial charge < -0.3 is 15.6 Å². The first-order valence-corrected chi connectivity index (χ1v) is 6.36. The van der Waals surface area contributed by atoms with Crippen molar-refractivity contribution < 1.29 is 27.8 Å². The molecule has 0 fully saturated rings. The minimum Gasteiger partial charge on any atom is -0.481 e. The average molecular weight is 305 g/mol. The number of carboxylic acids is 1. The van der Waals surface area contributed by atoms with E-state index in [4.69, 9.17) is 5.73 Å². The van der Waals surface area contributed by atoms with Crippen molar-refractivity contribution in [3.8, 4) is 5.75 Å². The number of carbonyl (C=O) groups is 1. The van der Waals surface area contributed by atoms with E-state index >= 15 is 0 Å². The zero-order valence-corrected chi connectivity index (χ0v) is 12.0. The lowest BCUT2D eigenvalue weighted by atomic mass is 9.72. The van der Waals surface area contributed by atoms with Gasteiger partial charge in [-0.2, -0.15) is 0 Å². The third-order valence-electron chi connectivity index (χ3n) is 3.58. The van der Waals surface area contributed by atoms with Crippen LogP contribution >= 0.6 is 0 Å². The van der Waals surface area contributed by atoms with Gasteiger partial charge in [-0.3, -0.25) is 4.79 Å². The minimum absolute atomic E-state index is 0.121. The van der Waals surface area contributed by atoms with Crippen molar-refractivity contribution in [1.29, 1.82) is 0 Å². The first kappa shape index (κ1) is 17.1. The Morgan fingerprint density at radius 3 is 2.38 bits per heavy atom. The number of benzene rings is 1. The molecule has 0 radical (unpaired) electrons. The number of halogens is 3. The Morgan fingerprint density at radius 1 is 1.38 bits per heavy atom. The Kier molecular flexibility index (Phi) is 4.76. The summed E-state index contributed by atoms with van der Waals surface area (Å²) in [7, 11) is 0. The number of para-hydroxylation sites is 1. The maximum Gasteiger partial charge on any atom is 0.573 e. The molecule has 0 aliphatic carbocycles. The van der Waals surface area contributed by atoms with Gasteiger partial charge in [0.15, 0.2) is 5.75 Å². The monoisotopic (exact) mass is 305 g/mol. The van der Waals surface area contributed by atoms with Crippen molar-refractivity contribution in [2.75, 3.05) is 5.73 Å². The zero-order chi connectivity index (χ0) is 16.4. The molecule has 0 spiro atoms. The molecule has 1 atom stereocenters. The van der Waals surface area contributed by atoms with E-state index in [2.05, 4.69) is 4.74 Å². The van der Waals surface area contributed by atoms with Crippen molar-refractivity contribution in [2.45, 2.75) is 39.5 Å². The molecule has 0 heterocycles. The van der Waals surface area contributed by atoms with Gasteiger partial charge in [0.2, 0.25) is 0 Å². The maximum absolute atomic E-state index is 12.3. The van der Waals surface area contributed by atoms with E-state index in [0.29, 0.717) is 6.42 Å². The van der Waals surface area contributed by atoms with E-state index in [1.807, 2.05) is 6.92 Å². The summed E-state index contributed by atoms with van der Waals surface area (Å²) in [6, 6.07) is 3.77. The highest BCUT2D eigenvalue weighted by molar-refractivity contribution is 5.80. The molecule has 118 valence electrons. The predicted octanol–water partition coefficient (Wildman–Crippen LogP) is 3.77. The number of rotatable bonds is 5. The fraction of sp³-hybridized carbons (Fsp3) is 0.500. The zero-order valence-electron chi connectivity index (χ0n) is 12.0. The second kappa shape index (κ2) is 5.83. The van der Waals surface area contributed by atoms with Crippen LogP contribution in [0.3, 0.4) is 0 Å². The highest BCUT2D eigenvalue weighted by Gasteiger charge is 2.38. The molecule has 0 aliphatic heterocycles. The van der Waals surface area contributed by atoms with Crippen LogP contribution in [0.2, 0.25) is 0 Å². The summed E-state index contributed by atoms with van der Waals surface area (Å²) in [5.41, 5.74) is 4.84. The Labute approximate surface area is 120 Å². The Morgan fingerprint density at radius 2 is 1.95 bits per heavy atom. The van der Waals surface area contributed by atoms with E-state index in [9.17, 15) is 23.1 Å². The number of aliphatic carboxylic acids is 1. The van der Waals surface area contributed by atoms with Crippen molar-refractivity contribution in [3.63, 3.8) is 0 Å². The van der Waals surface area contributed by atoms with Crippen molar-refractivity contribution in [1.82, 2.24) is 0 Å². The molecule has 1 unspecified atom stereocenters. The molecule has 0 amide bonds. The third-order valence-corrected chi connectivity index (χ3v) is 3.58. The number of anilines is 1. The summed E-state index contributed by atoms with van der Waals surface area (Å²) in [6.07, 6.45) is -4.36. The van der Waals surface area contributed by atoms with E-state index in [-0.39, 0.29) is 11.3 Å². The van der Waals surface area contributed by atoms with E-state index < -0.39 is 29.4 Å². The normalized spacial score (nSPS) is 13.8. The SMILES string of the molecule is CCC(C)(C)C(C(=O)O)c1cccc(OC(F)(F)F)c1N. The molecule has 1 rings (SSSR count). The van der Waals surface area contributed by atoms with Gasteiger partial charge in [-0.25, -0.2) is 0 Å². The van der Waals surface area contributed by atoms with Gasteiger partial charge >= 0.3 is 12.3 Å². The molecular formula is C14H18F3NO3. The maximum atomic E-state index is 12.3. The summed E-state index contributed by atoms with van der Waals surface area (Å²) in [5, 5.41) is 9.42. The van der Waals surface area contributed by atoms with Crippen LogP contribution in [0.5, 0.6) is 5.75 Å². The van der Waals surface area contributed by atoms with Crippen molar-refractivity contribution in [2.24, 2.45) is 5.41 Å². The number of nitrogens with two attached hydrogens (primary N) is 1. The standard InChI is InChI=1S/C14H18F3NO3/c1-4-13(2,3)10(12(19)20)8-6-5-7-9(11(8)18)21-14(15,16)17/h5-7,10H,4,18H2,1-3H3,(H,19,20). The smallest absolute Gasteiger partial charge is 0.481 e. The van der Waals surface area contributed by atoms with E-state index in [1.165, 1.54) is 12.1 Å². The highest BCUT2D eigenvalue weighted by Crippen LogP contribution is 2.43. The summed E-state index contributed by atoms with van der Waals surface area (Å²) in [5.74, 6) is -2.75. The van der Waals surface area contributed by atoms with Crippen molar-refractivity contribution in [3.05, 3.63) is 23.8 Å². The second-order valence-corrected chi connectivity index (χ2v) is 5.42. The fourth-order valence-electron chi connectivity index (χ4n) is 2.12. The summed E-state index contributed by atoms with van der Waals surface area (Å²) in [6.45, 7) is 5.26. The van der Waals surface area contributed by atoms with Gasteiger partial charge in [0.1, 0.15) is 0 Å². The van der Waals surface area contributed by atoms with Crippen LogP contribution in [0, 0.1) is 5.41 Å². The number of ether oxygens (including phenoxy) is 1. The average Bonchev–Trinajstić information content (AvgIpc) is 2.32. The third kappa shape index (κ3) is 4.03. The lowest BCUT2D eigenvalue weighted by Crippen LogP contribution is -2.29. The number of alkyl halides is 3. The quantitative estimate of drug-likeness (QED) is 0.812. The van der Waals surface area contributed by atoms with Crippen molar-refractivity contribution >= 4 is 11.7 Å². The van der Waals surface area contributed by atoms with Crippen LogP contribution in [0.4, 0.5) is 18.9 Å². The largest absolute Gasteiger partial charge is 0.573 e. The van der Waals surface area contributed by atoms with E-state index in [1.54, 1.807) is 13.8 Å². The van der Waals surface area contributed by atoms with Gasteiger partial charge in [0.25, 0.3) is 0 Å². The molecule has 3 N–H and O–H groups in total. The predicted molar refractivity (Wildman–Crippen MR) is 72.0 cm³/mol. The molecule has 7 heteroatoms. The Hall–Kier alpha value is -1.92. The summed E-state index contributed by atoms with van der Waals surface area (Å²) in [4.78, 5) is 11.5. The van der Waals surface area contributed by atoms with Gasteiger partial charge in [0, 0.05) is 0 Å². The van der Waals surface area contributed by atoms with Crippen LogP contribution in [0.15, 0.2) is 18.2 Å². The molecule has 0 saturated carbocycles. The molecule has 0 aromatic heterocycles. The minimum atomic E-state index is -4.88. The first-order valence-electron chi connectivity index (χ1n) is 6.36. The molecule has 0 bridgehead atoms. The van der Waals surface area contributed by atoms with Crippen LogP contribution < -0.4 is 10.5 Å². The van der Waals surface area contributed by atoms with Gasteiger partial charge in [-0.05, 0) is 23.5 Å². The van der Waals surface area contributed by atoms with Gasteiger partial charge in [-0.15, -0.1) is 13.2 Å². The molecule has 4 nitrogen and oxygen atoms in total. The topological polar surface area (TPSA) is 72.5 Å². The Balaban J connectivity index is 3.35. The second-order valence-electron chi connectivity index (χ2n) is 5.42. The number of hydrogen-bond acceptors (Lipinski definition) is 3. The first-order chi connectivity index (χ1) is 9.49. The van der Waals surface area contributed by atoms with Crippen LogP contribution in [0.1, 0.15) is 38.7 Å². The highest BCUT2D eigenvalue weighted by atomic mass is 19.4. The molecule has 21 heavy (non-hydrogen) atoms. The molecule has 1 aromatic carbocycles. The lowest BCUT2D eigenvalue weighted by molar-refractivity contribution is -0.274.